The quantitative estimate of drug-likeness (QED) is 0.393. The van der Waals surface area contributed by atoms with Gasteiger partial charge in [0, 0.05) is 10.7 Å². The zero-order valence-electron chi connectivity index (χ0n) is 11.9. The molecule has 1 heterocycles. The molecular weight excluding hydrogens is 292 g/mol. The van der Waals surface area contributed by atoms with E-state index in [0.717, 1.165) is 11.1 Å². The van der Waals surface area contributed by atoms with E-state index in [1.807, 2.05) is 13.8 Å². The Bertz CT molecular complexity index is 693. The van der Waals surface area contributed by atoms with Crippen LogP contribution in [0.25, 0.3) is 0 Å². The molecule has 0 bridgehead atoms. The van der Waals surface area contributed by atoms with Crippen molar-refractivity contribution in [2.45, 2.75) is 20.8 Å². The minimum Gasteiger partial charge on any atom is -0.424 e. The number of rotatable bonds is 3. The normalized spacial score (nSPS) is 11.5. The molecule has 0 saturated heterocycles. The maximum absolute atomic E-state index is 8.71. The first-order valence-electron chi connectivity index (χ1n) is 6.19. The van der Waals surface area contributed by atoms with Gasteiger partial charge >= 0.3 is 6.01 Å². The first kappa shape index (κ1) is 15.1. The van der Waals surface area contributed by atoms with Gasteiger partial charge < -0.3 is 15.7 Å². The van der Waals surface area contributed by atoms with E-state index in [2.05, 4.69) is 15.1 Å². The van der Waals surface area contributed by atoms with E-state index in [1.54, 1.807) is 25.1 Å². The number of ether oxygens (including phenoxy) is 1. The number of nitrogens with zero attached hydrogens (tertiary/aromatic N) is 3. The van der Waals surface area contributed by atoms with Gasteiger partial charge in [-0.1, -0.05) is 16.8 Å². The maximum atomic E-state index is 8.71. The molecule has 6 nitrogen and oxygen atoms in total. The smallest absolute Gasteiger partial charge is 0.322 e. The van der Waals surface area contributed by atoms with Gasteiger partial charge in [0.2, 0.25) is 0 Å². The average molecular weight is 307 g/mol. The zero-order valence-corrected chi connectivity index (χ0v) is 12.6. The highest BCUT2D eigenvalue weighted by molar-refractivity contribution is 6.32. The second-order valence-corrected chi connectivity index (χ2v) is 5.01. The molecule has 7 heteroatoms. The molecule has 0 radical (unpaired) electrons. The summed E-state index contributed by atoms with van der Waals surface area (Å²) in [6.45, 7) is 5.54. The van der Waals surface area contributed by atoms with Crippen molar-refractivity contribution in [2.75, 3.05) is 0 Å². The summed E-state index contributed by atoms with van der Waals surface area (Å²) in [5.41, 5.74) is 8.26. The summed E-state index contributed by atoms with van der Waals surface area (Å²) in [5, 5.41) is 12.3. The number of oxime groups is 1. The second kappa shape index (κ2) is 5.97. The summed E-state index contributed by atoms with van der Waals surface area (Å²) in [6.07, 6.45) is 0. The van der Waals surface area contributed by atoms with Gasteiger partial charge in [0.25, 0.3) is 0 Å². The lowest BCUT2D eigenvalue weighted by atomic mass is 10.1. The summed E-state index contributed by atoms with van der Waals surface area (Å²) in [4.78, 5) is 8.27. The Balaban J connectivity index is 2.38. The van der Waals surface area contributed by atoms with Crippen molar-refractivity contribution in [1.82, 2.24) is 9.97 Å². The summed E-state index contributed by atoms with van der Waals surface area (Å²) in [6, 6.07) is 5.31. The first-order chi connectivity index (χ1) is 9.90. The Kier molecular flexibility index (Phi) is 4.28. The fraction of sp³-hybridized carbons (Fsp3) is 0.214. The summed E-state index contributed by atoms with van der Waals surface area (Å²) >= 11 is 6.12. The highest BCUT2D eigenvalue weighted by Gasteiger charge is 2.10. The van der Waals surface area contributed by atoms with E-state index in [4.69, 9.17) is 27.3 Å². The van der Waals surface area contributed by atoms with Gasteiger partial charge in [-0.25, -0.2) is 4.98 Å². The molecule has 21 heavy (non-hydrogen) atoms. The maximum Gasteiger partial charge on any atom is 0.322 e. The molecule has 0 spiro atoms. The number of aromatic nitrogens is 2. The van der Waals surface area contributed by atoms with Crippen molar-refractivity contribution >= 4 is 17.4 Å². The molecule has 3 N–H and O–H groups in total. The minimum atomic E-state index is -0.103. The summed E-state index contributed by atoms with van der Waals surface area (Å²) in [5.74, 6) is 0.472. The van der Waals surface area contributed by atoms with Crippen LogP contribution in [0, 0.1) is 20.8 Å². The Morgan fingerprint density at radius 3 is 2.38 bits per heavy atom. The van der Waals surface area contributed by atoms with Crippen LogP contribution in [0.15, 0.2) is 23.4 Å². The third-order valence-electron chi connectivity index (χ3n) is 2.82. The Hall–Kier alpha value is -2.34. The molecule has 2 rings (SSSR count). The third-order valence-corrected chi connectivity index (χ3v) is 3.42. The van der Waals surface area contributed by atoms with Crippen LogP contribution in [0.1, 0.15) is 22.5 Å². The van der Waals surface area contributed by atoms with Gasteiger partial charge in [-0.2, -0.15) is 4.98 Å². The second-order valence-electron chi connectivity index (χ2n) is 4.64. The predicted octanol–water partition coefficient (Wildman–Crippen LogP) is 2.94. The van der Waals surface area contributed by atoms with E-state index >= 15 is 0 Å². The van der Waals surface area contributed by atoms with Crippen molar-refractivity contribution in [3.05, 3.63) is 45.7 Å². The van der Waals surface area contributed by atoms with Crippen LogP contribution in [0.2, 0.25) is 5.02 Å². The molecule has 0 aliphatic rings. The fourth-order valence-corrected chi connectivity index (χ4v) is 1.95. The summed E-state index contributed by atoms with van der Waals surface area (Å²) in [7, 11) is 0. The van der Waals surface area contributed by atoms with E-state index in [0.29, 0.717) is 22.2 Å². The Morgan fingerprint density at radius 1 is 1.19 bits per heavy atom. The van der Waals surface area contributed by atoms with Crippen molar-refractivity contribution in [3.63, 3.8) is 0 Å². The van der Waals surface area contributed by atoms with Gasteiger partial charge in [-0.15, -0.1) is 0 Å². The van der Waals surface area contributed by atoms with Crippen molar-refractivity contribution in [1.29, 1.82) is 0 Å². The number of halogens is 1. The predicted molar refractivity (Wildman–Crippen MR) is 80.3 cm³/mol. The number of amidine groups is 1. The Morgan fingerprint density at radius 2 is 1.81 bits per heavy atom. The van der Waals surface area contributed by atoms with Gasteiger partial charge in [0.05, 0.1) is 0 Å². The molecule has 1 aromatic carbocycles. The number of benzene rings is 1. The lowest BCUT2D eigenvalue weighted by molar-refractivity contribution is 0.318. The molecule has 0 fully saturated rings. The van der Waals surface area contributed by atoms with Crippen LogP contribution in [-0.2, 0) is 0 Å². The van der Waals surface area contributed by atoms with Crippen molar-refractivity contribution in [3.8, 4) is 11.8 Å². The fourth-order valence-electron chi connectivity index (χ4n) is 1.84. The highest BCUT2D eigenvalue weighted by atomic mass is 35.5. The van der Waals surface area contributed by atoms with Crippen LogP contribution in [0.5, 0.6) is 11.8 Å². The van der Waals surface area contributed by atoms with Crippen LogP contribution in [-0.4, -0.2) is 21.0 Å². The van der Waals surface area contributed by atoms with Crippen LogP contribution < -0.4 is 10.5 Å². The third kappa shape index (κ3) is 3.41. The first-order valence-corrected chi connectivity index (χ1v) is 6.56. The molecule has 0 aliphatic carbocycles. The molecule has 0 saturated carbocycles. The SMILES string of the molecule is Cc1cc(/C(N)=N/O)nc(Oc2cc(C)c(Cl)c(C)c2)n1. The summed E-state index contributed by atoms with van der Waals surface area (Å²) < 4.78 is 5.64. The largest absolute Gasteiger partial charge is 0.424 e. The van der Waals surface area contributed by atoms with Gasteiger partial charge in [0.15, 0.2) is 5.84 Å². The molecule has 2 aromatic rings. The van der Waals surface area contributed by atoms with E-state index in [9.17, 15) is 0 Å². The minimum absolute atomic E-state index is 0.103. The van der Waals surface area contributed by atoms with E-state index in [1.165, 1.54) is 0 Å². The van der Waals surface area contributed by atoms with Gasteiger partial charge in [0.1, 0.15) is 11.4 Å². The number of aryl methyl sites for hydroxylation is 3. The van der Waals surface area contributed by atoms with Crippen LogP contribution in [0.4, 0.5) is 0 Å². The molecule has 1 aromatic heterocycles. The lowest BCUT2D eigenvalue weighted by Gasteiger charge is -2.09. The van der Waals surface area contributed by atoms with Crippen LogP contribution >= 0.6 is 11.6 Å². The molecule has 110 valence electrons. The monoisotopic (exact) mass is 306 g/mol. The Labute approximate surface area is 127 Å². The topological polar surface area (TPSA) is 93.6 Å². The van der Waals surface area contributed by atoms with Crippen molar-refractivity contribution in [2.24, 2.45) is 10.9 Å². The van der Waals surface area contributed by atoms with Crippen molar-refractivity contribution < 1.29 is 9.94 Å². The number of nitrogens with two attached hydrogens (primary N) is 1. The van der Waals surface area contributed by atoms with E-state index < -0.39 is 0 Å². The average Bonchev–Trinajstić information content (AvgIpc) is 2.43. The molecule has 0 amide bonds. The molecule has 0 unspecified atom stereocenters. The van der Waals surface area contributed by atoms with E-state index in [-0.39, 0.29) is 11.8 Å². The zero-order chi connectivity index (χ0) is 15.6. The number of hydrogen-bond donors (Lipinski definition) is 2. The lowest BCUT2D eigenvalue weighted by Crippen LogP contribution is -2.16. The molecule has 0 atom stereocenters. The molecular formula is C14H15ClN4O2. The highest BCUT2D eigenvalue weighted by Crippen LogP contribution is 2.28. The van der Waals surface area contributed by atoms with Gasteiger partial charge in [-0.05, 0) is 50.1 Å². The van der Waals surface area contributed by atoms with Gasteiger partial charge in [-0.3, -0.25) is 0 Å². The number of hydrogen-bond acceptors (Lipinski definition) is 5. The van der Waals surface area contributed by atoms with Crippen LogP contribution in [0.3, 0.4) is 0 Å². The molecule has 0 aliphatic heterocycles. The standard InChI is InChI=1S/C14H15ClN4O2/c1-7-4-10(5-8(2)12(7)15)21-14-17-9(3)6-11(18-14)13(16)19-20/h4-6,20H,1-3H3,(H2,16,19).